The summed E-state index contributed by atoms with van der Waals surface area (Å²) in [4.78, 5) is 25.9. The number of carbonyl (C=O) groups excluding carboxylic acids is 1. The zero-order chi connectivity index (χ0) is 17.3. The van der Waals surface area contributed by atoms with Crippen molar-refractivity contribution in [3.8, 4) is 0 Å². The molecule has 1 aromatic heterocycles. The average Bonchev–Trinajstić information content (AvgIpc) is 2.99. The van der Waals surface area contributed by atoms with Crippen molar-refractivity contribution in [1.29, 1.82) is 0 Å². The predicted molar refractivity (Wildman–Crippen MR) is 93.3 cm³/mol. The van der Waals surface area contributed by atoms with E-state index in [-0.39, 0.29) is 11.9 Å². The zero-order valence-electron chi connectivity index (χ0n) is 14.8. The summed E-state index contributed by atoms with van der Waals surface area (Å²) in [5, 5.41) is 0. The second-order valence-corrected chi connectivity index (χ2v) is 6.58. The standard InChI is InChI=1S/C19H24N4O/c1-5-17-20-10-15-11-23(12-16(15)21-17)19(24)18(22(3)4)14-8-6-13(2)7-9-14/h6-10,18H,5,11-12H2,1-4H3. The van der Waals surface area contributed by atoms with Crippen LogP contribution in [0.2, 0.25) is 0 Å². The molecule has 0 bridgehead atoms. The summed E-state index contributed by atoms with van der Waals surface area (Å²) in [6, 6.07) is 7.90. The van der Waals surface area contributed by atoms with Crippen molar-refractivity contribution < 1.29 is 4.79 Å². The topological polar surface area (TPSA) is 49.3 Å². The van der Waals surface area contributed by atoms with Crippen LogP contribution in [0, 0.1) is 6.92 Å². The Labute approximate surface area is 143 Å². The van der Waals surface area contributed by atoms with Gasteiger partial charge in [-0.3, -0.25) is 9.69 Å². The average molecular weight is 324 g/mol. The van der Waals surface area contributed by atoms with Gasteiger partial charge in [-0.25, -0.2) is 9.97 Å². The van der Waals surface area contributed by atoms with Gasteiger partial charge < -0.3 is 4.90 Å². The number of carbonyl (C=O) groups is 1. The van der Waals surface area contributed by atoms with Crippen molar-refractivity contribution in [3.05, 3.63) is 58.7 Å². The molecular weight excluding hydrogens is 300 g/mol. The molecule has 0 fully saturated rings. The first-order valence-electron chi connectivity index (χ1n) is 8.35. The first-order valence-corrected chi connectivity index (χ1v) is 8.35. The van der Waals surface area contributed by atoms with E-state index in [1.54, 1.807) is 0 Å². The molecule has 126 valence electrons. The Morgan fingerprint density at radius 3 is 2.58 bits per heavy atom. The molecule has 0 saturated heterocycles. The van der Waals surface area contributed by atoms with E-state index in [0.717, 1.165) is 29.1 Å². The van der Waals surface area contributed by atoms with Crippen LogP contribution >= 0.6 is 0 Å². The number of aromatic nitrogens is 2. The summed E-state index contributed by atoms with van der Waals surface area (Å²) in [5.74, 6) is 0.950. The van der Waals surface area contributed by atoms with E-state index in [4.69, 9.17) is 0 Å². The Morgan fingerprint density at radius 2 is 1.96 bits per heavy atom. The molecule has 5 heteroatoms. The molecule has 0 N–H and O–H groups in total. The van der Waals surface area contributed by atoms with Crippen LogP contribution in [0.25, 0.3) is 0 Å². The van der Waals surface area contributed by atoms with Gasteiger partial charge in [-0.1, -0.05) is 36.8 Å². The van der Waals surface area contributed by atoms with Gasteiger partial charge in [-0.15, -0.1) is 0 Å². The SMILES string of the molecule is CCc1ncc2c(n1)CN(C(=O)C(c1ccc(C)cc1)N(C)C)C2. The minimum absolute atomic E-state index is 0.111. The maximum atomic E-state index is 13.1. The molecule has 3 rings (SSSR count). The first kappa shape index (κ1) is 16.6. The number of benzene rings is 1. The Kier molecular flexibility index (Phi) is 4.62. The molecule has 0 spiro atoms. The second kappa shape index (κ2) is 6.69. The summed E-state index contributed by atoms with van der Waals surface area (Å²) >= 11 is 0. The molecule has 1 atom stereocenters. The molecule has 5 nitrogen and oxygen atoms in total. The molecular formula is C19H24N4O. The van der Waals surface area contributed by atoms with Gasteiger partial charge >= 0.3 is 0 Å². The maximum Gasteiger partial charge on any atom is 0.245 e. The lowest BCUT2D eigenvalue weighted by molar-refractivity contribution is -0.137. The Bertz CT molecular complexity index is 740. The highest BCUT2D eigenvalue weighted by Gasteiger charge is 2.32. The van der Waals surface area contributed by atoms with Crippen LogP contribution in [-0.4, -0.2) is 39.8 Å². The highest BCUT2D eigenvalue weighted by atomic mass is 16.2. The number of fused-ring (bicyclic) bond motifs is 1. The number of rotatable bonds is 4. The van der Waals surface area contributed by atoms with Gasteiger partial charge in [0, 0.05) is 24.7 Å². The largest absolute Gasteiger partial charge is 0.331 e. The minimum Gasteiger partial charge on any atom is -0.331 e. The number of hydrogen-bond acceptors (Lipinski definition) is 4. The minimum atomic E-state index is -0.279. The van der Waals surface area contributed by atoms with Gasteiger partial charge in [0.2, 0.25) is 5.91 Å². The number of likely N-dealkylation sites (N-methyl/N-ethyl adjacent to an activating group) is 1. The summed E-state index contributed by atoms with van der Waals surface area (Å²) < 4.78 is 0. The van der Waals surface area contributed by atoms with Gasteiger partial charge in [0.25, 0.3) is 0 Å². The first-order chi connectivity index (χ1) is 11.5. The highest BCUT2D eigenvalue weighted by molar-refractivity contribution is 5.83. The van der Waals surface area contributed by atoms with E-state index in [9.17, 15) is 4.79 Å². The molecule has 2 heterocycles. The Balaban J connectivity index is 1.83. The van der Waals surface area contributed by atoms with Crippen molar-refractivity contribution in [2.75, 3.05) is 14.1 Å². The van der Waals surface area contributed by atoms with Gasteiger partial charge in [0.05, 0.1) is 12.2 Å². The summed E-state index contributed by atoms with van der Waals surface area (Å²) in [6.07, 6.45) is 2.68. The fourth-order valence-corrected chi connectivity index (χ4v) is 3.10. The van der Waals surface area contributed by atoms with E-state index < -0.39 is 0 Å². The fourth-order valence-electron chi connectivity index (χ4n) is 3.10. The van der Waals surface area contributed by atoms with Crippen LogP contribution < -0.4 is 0 Å². The van der Waals surface area contributed by atoms with Crippen LogP contribution in [0.15, 0.2) is 30.5 Å². The Hall–Kier alpha value is -2.27. The van der Waals surface area contributed by atoms with Crippen LogP contribution in [0.5, 0.6) is 0 Å². The quantitative estimate of drug-likeness (QED) is 0.867. The van der Waals surface area contributed by atoms with E-state index in [0.29, 0.717) is 13.1 Å². The van der Waals surface area contributed by atoms with Crippen molar-refractivity contribution >= 4 is 5.91 Å². The fraction of sp³-hybridized carbons (Fsp3) is 0.421. The van der Waals surface area contributed by atoms with Gasteiger partial charge in [0.1, 0.15) is 11.9 Å². The number of hydrogen-bond donors (Lipinski definition) is 0. The number of nitrogens with zero attached hydrogens (tertiary/aromatic N) is 4. The third kappa shape index (κ3) is 3.17. The van der Waals surface area contributed by atoms with Crippen molar-refractivity contribution in [2.24, 2.45) is 0 Å². The molecule has 1 aromatic carbocycles. The van der Waals surface area contributed by atoms with Crippen LogP contribution in [0.1, 0.15) is 41.2 Å². The number of amides is 1. The van der Waals surface area contributed by atoms with Crippen molar-refractivity contribution in [2.45, 2.75) is 39.4 Å². The maximum absolute atomic E-state index is 13.1. The van der Waals surface area contributed by atoms with E-state index in [1.165, 1.54) is 5.56 Å². The lowest BCUT2D eigenvalue weighted by Gasteiger charge is -2.28. The normalized spacial score (nSPS) is 14.8. The summed E-state index contributed by atoms with van der Waals surface area (Å²) in [5.41, 5.74) is 4.25. The molecule has 1 aliphatic rings. The van der Waals surface area contributed by atoms with E-state index in [2.05, 4.69) is 29.0 Å². The molecule has 1 amide bonds. The van der Waals surface area contributed by atoms with Crippen molar-refractivity contribution in [3.63, 3.8) is 0 Å². The molecule has 2 aromatic rings. The van der Waals surface area contributed by atoms with Gasteiger partial charge in [-0.2, -0.15) is 0 Å². The molecule has 0 aliphatic carbocycles. The third-order valence-electron chi connectivity index (χ3n) is 4.48. The van der Waals surface area contributed by atoms with E-state index in [1.807, 2.05) is 49.1 Å². The van der Waals surface area contributed by atoms with E-state index >= 15 is 0 Å². The van der Waals surface area contributed by atoms with Gasteiger partial charge in [0.15, 0.2) is 0 Å². The predicted octanol–water partition coefficient (Wildman–Crippen LogP) is 2.49. The number of aryl methyl sites for hydroxylation is 2. The van der Waals surface area contributed by atoms with Crippen LogP contribution in [-0.2, 0) is 24.3 Å². The molecule has 1 unspecified atom stereocenters. The monoisotopic (exact) mass is 324 g/mol. The van der Waals surface area contributed by atoms with Crippen LogP contribution in [0.3, 0.4) is 0 Å². The second-order valence-electron chi connectivity index (χ2n) is 6.58. The highest BCUT2D eigenvalue weighted by Crippen LogP contribution is 2.27. The third-order valence-corrected chi connectivity index (χ3v) is 4.48. The lowest BCUT2D eigenvalue weighted by Crippen LogP contribution is -2.37. The molecule has 24 heavy (non-hydrogen) atoms. The molecule has 0 radical (unpaired) electrons. The smallest absolute Gasteiger partial charge is 0.245 e. The summed E-state index contributed by atoms with van der Waals surface area (Å²) in [7, 11) is 3.89. The summed E-state index contributed by atoms with van der Waals surface area (Å²) in [6.45, 7) is 5.25. The van der Waals surface area contributed by atoms with Gasteiger partial charge in [-0.05, 0) is 26.6 Å². The zero-order valence-corrected chi connectivity index (χ0v) is 14.8. The Morgan fingerprint density at radius 1 is 1.25 bits per heavy atom. The molecule has 1 aliphatic heterocycles. The van der Waals surface area contributed by atoms with Crippen LogP contribution in [0.4, 0.5) is 0 Å². The molecule has 0 saturated carbocycles. The van der Waals surface area contributed by atoms with Crippen molar-refractivity contribution in [1.82, 2.24) is 19.8 Å². The lowest BCUT2D eigenvalue weighted by atomic mass is 10.0.